The van der Waals surface area contributed by atoms with Gasteiger partial charge < -0.3 is 15.5 Å². The van der Waals surface area contributed by atoms with E-state index in [0.29, 0.717) is 18.1 Å². The fraction of sp³-hybridized carbons (Fsp3) is 0.250. The van der Waals surface area contributed by atoms with Gasteiger partial charge in [-0.1, -0.05) is 17.7 Å². The Hall–Kier alpha value is -1.86. The SMILES string of the molecule is NC(=S)NC(=O)N1CCN(c2cccc(Cl)c2)C(=O)C1. The van der Waals surface area contributed by atoms with Gasteiger partial charge in [-0.3, -0.25) is 10.1 Å². The average molecular weight is 313 g/mol. The van der Waals surface area contributed by atoms with Crippen LogP contribution in [0.5, 0.6) is 0 Å². The summed E-state index contributed by atoms with van der Waals surface area (Å²) in [6, 6.07) is 6.56. The molecule has 1 saturated heterocycles. The molecular formula is C12H13ClN4O2S. The Morgan fingerprint density at radius 2 is 2.15 bits per heavy atom. The van der Waals surface area contributed by atoms with Crippen LogP contribution in [0.2, 0.25) is 5.02 Å². The minimum atomic E-state index is -0.461. The zero-order chi connectivity index (χ0) is 14.7. The molecule has 106 valence electrons. The number of nitrogens with one attached hydrogen (secondary N) is 1. The predicted octanol–water partition coefficient (Wildman–Crippen LogP) is 0.942. The number of nitrogens with zero attached hydrogens (tertiary/aromatic N) is 2. The summed E-state index contributed by atoms with van der Waals surface area (Å²) in [6.07, 6.45) is 0. The molecule has 1 heterocycles. The van der Waals surface area contributed by atoms with Crippen LogP contribution in [0, 0.1) is 0 Å². The molecule has 2 rings (SSSR count). The fourth-order valence-electron chi connectivity index (χ4n) is 1.95. The minimum absolute atomic E-state index is 0.0268. The summed E-state index contributed by atoms with van der Waals surface area (Å²) < 4.78 is 0. The Balaban J connectivity index is 2.04. The Morgan fingerprint density at radius 1 is 1.40 bits per heavy atom. The fourth-order valence-corrected chi connectivity index (χ4v) is 2.22. The highest BCUT2D eigenvalue weighted by Crippen LogP contribution is 2.21. The zero-order valence-electron chi connectivity index (χ0n) is 10.5. The van der Waals surface area contributed by atoms with Crippen molar-refractivity contribution in [3.63, 3.8) is 0 Å². The third-order valence-corrected chi connectivity index (χ3v) is 3.20. The first-order chi connectivity index (χ1) is 9.47. The van der Waals surface area contributed by atoms with Crippen molar-refractivity contribution in [1.82, 2.24) is 10.2 Å². The van der Waals surface area contributed by atoms with Crippen LogP contribution >= 0.6 is 23.8 Å². The first kappa shape index (κ1) is 14.5. The number of anilines is 1. The Bertz CT molecular complexity index is 566. The number of thiocarbonyl (C=S) groups is 1. The monoisotopic (exact) mass is 312 g/mol. The van der Waals surface area contributed by atoms with Gasteiger partial charge in [0.25, 0.3) is 0 Å². The van der Waals surface area contributed by atoms with Crippen molar-refractivity contribution >= 4 is 46.6 Å². The van der Waals surface area contributed by atoms with Gasteiger partial charge >= 0.3 is 6.03 Å². The number of piperazine rings is 1. The molecule has 0 radical (unpaired) electrons. The van der Waals surface area contributed by atoms with Crippen molar-refractivity contribution in [3.05, 3.63) is 29.3 Å². The van der Waals surface area contributed by atoms with Crippen LogP contribution in [0.15, 0.2) is 24.3 Å². The average Bonchev–Trinajstić information content (AvgIpc) is 2.37. The van der Waals surface area contributed by atoms with Crippen molar-refractivity contribution in [2.75, 3.05) is 24.5 Å². The highest BCUT2D eigenvalue weighted by Gasteiger charge is 2.28. The smallest absolute Gasteiger partial charge is 0.324 e. The quantitative estimate of drug-likeness (QED) is 0.757. The summed E-state index contributed by atoms with van der Waals surface area (Å²) in [5, 5.41) is 2.75. The number of urea groups is 1. The van der Waals surface area contributed by atoms with Crippen LogP contribution in [0.1, 0.15) is 0 Å². The van der Waals surface area contributed by atoms with Crippen LogP contribution in [-0.2, 0) is 4.79 Å². The Morgan fingerprint density at radius 3 is 2.75 bits per heavy atom. The number of nitrogens with two attached hydrogens (primary N) is 1. The van der Waals surface area contributed by atoms with E-state index in [1.165, 1.54) is 4.90 Å². The van der Waals surface area contributed by atoms with Crippen molar-refractivity contribution < 1.29 is 9.59 Å². The van der Waals surface area contributed by atoms with E-state index in [-0.39, 0.29) is 17.6 Å². The number of halogens is 1. The molecule has 0 atom stereocenters. The highest BCUT2D eigenvalue weighted by atomic mass is 35.5. The van der Waals surface area contributed by atoms with Gasteiger partial charge in [0.15, 0.2) is 5.11 Å². The molecule has 20 heavy (non-hydrogen) atoms. The maximum Gasteiger partial charge on any atom is 0.324 e. The third-order valence-electron chi connectivity index (χ3n) is 2.86. The minimum Gasteiger partial charge on any atom is -0.376 e. The first-order valence-corrected chi connectivity index (χ1v) is 6.67. The summed E-state index contributed by atoms with van der Waals surface area (Å²) in [6.45, 7) is 0.761. The maximum atomic E-state index is 12.1. The molecule has 3 amide bonds. The van der Waals surface area contributed by atoms with E-state index >= 15 is 0 Å². The van der Waals surface area contributed by atoms with E-state index in [1.54, 1.807) is 29.2 Å². The van der Waals surface area contributed by atoms with Crippen molar-refractivity contribution in [2.45, 2.75) is 0 Å². The maximum absolute atomic E-state index is 12.1. The summed E-state index contributed by atoms with van der Waals surface area (Å²) in [7, 11) is 0. The molecule has 8 heteroatoms. The number of hydrogen-bond acceptors (Lipinski definition) is 3. The van der Waals surface area contributed by atoms with Crippen LogP contribution in [0.4, 0.5) is 10.5 Å². The lowest BCUT2D eigenvalue weighted by Gasteiger charge is -2.34. The van der Waals surface area contributed by atoms with E-state index in [4.69, 9.17) is 17.3 Å². The second kappa shape index (κ2) is 6.06. The molecule has 1 aliphatic heterocycles. The van der Waals surface area contributed by atoms with Gasteiger partial charge in [0, 0.05) is 23.8 Å². The number of amides is 3. The number of hydrogen-bond donors (Lipinski definition) is 2. The topological polar surface area (TPSA) is 78.7 Å². The molecule has 0 unspecified atom stereocenters. The number of rotatable bonds is 1. The van der Waals surface area contributed by atoms with Gasteiger partial charge in [-0.15, -0.1) is 0 Å². The van der Waals surface area contributed by atoms with Gasteiger partial charge in [0.1, 0.15) is 6.54 Å². The molecule has 1 fully saturated rings. The Kier molecular flexibility index (Phi) is 4.41. The van der Waals surface area contributed by atoms with Crippen LogP contribution < -0.4 is 16.0 Å². The van der Waals surface area contributed by atoms with E-state index < -0.39 is 6.03 Å². The molecule has 3 N–H and O–H groups in total. The zero-order valence-corrected chi connectivity index (χ0v) is 12.1. The second-order valence-electron chi connectivity index (χ2n) is 4.24. The van der Waals surface area contributed by atoms with Gasteiger partial charge in [0.05, 0.1) is 0 Å². The summed E-state index contributed by atoms with van der Waals surface area (Å²) in [4.78, 5) is 26.8. The van der Waals surface area contributed by atoms with Crippen molar-refractivity contribution in [1.29, 1.82) is 0 Å². The van der Waals surface area contributed by atoms with E-state index in [2.05, 4.69) is 17.5 Å². The lowest BCUT2D eigenvalue weighted by atomic mass is 10.2. The van der Waals surface area contributed by atoms with Gasteiger partial charge in [-0.2, -0.15) is 0 Å². The van der Waals surface area contributed by atoms with Crippen LogP contribution in [-0.4, -0.2) is 41.6 Å². The largest absolute Gasteiger partial charge is 0.376 e. The summed E-state index contributed by atoms with van der Waals surface area (Å²) in [5.41, 5.74) is 5.95. The van der Waals surface area contributed by atoms with Gasteiger partial charge in [0.2, 0.25) is 5.91 Å². The van der Waals surface area contributed by atoms with Crippen molar-refractivity contribution in [3.8, 4) is 0 Å². The van der Waals surface area contributed by atoms with Crippen LogP contribution in [0.25, 0.3) is 0 Å². The third kappa shape index (κ3) is 3.37. The summed E-state index contributed by atoms with van der Waals surface area (Å²) >= 11 is 10.5. The standard InChI is InChI=1S/C12H13ClN4O2S/c13-8-2-1-3-9(6-8)17-5-4-16(7-10(17)18)12(19)15-11(14)20/h1-3,6H,4-5,7H2,(H3,14,15,19,20). The summed E-state index contributed by atoms with van der Waals surface area (Å²) in [5.74, 6) is -0.184. The van der Waals surface area contributed by atoms with Gasteiger partial charge in [-0.05, 0) is 30.4 Å². The molecule has 1 aromatic rings. The number of benzene rings is 1. The lowest BCUT2D eigenvalue weighted by molar-refractivity contribution is -0.120. The number of carbonyl (C=O) groups excluding carboxylic acids is 2. The normalized spacial score (nSPS) is 15.2. The highest BCUT2D eigenvalue weighted by molar-refractivity contribution is 7.80. The molecule has 0 aliphatic carbocycles. The number of carbonyl (C=O) groups is 2. The first-order valence-electron chi connectivity index (χ1n) is 5.88. The molecule has 1 aliphatic rings. The molecule has 0 saturated carbocycles. The molecule has 1 aromatic carbocycles. The molecule has 6 nitrogen and oxygen atoms in total. The van der Waals surface area contributed by atoms with Gasteiger partial charge in [-0.25, -0.2) is 4.79 Å². The van der Waals surface area contributed by atoms with Crippen molar-refractivity contribution in [2.24, 2.45) is 5.73 Å². The van der Waals surface area contributed by atoms with Crippen LogP contribution in [0.3, 0.4) is 0 Å². The van der Waals surface area contributed by atoms with E-state index in [0.717, 1.165) is 5.69 Å². The molecular weight excluding hydrogens is 300 g/mol. The molecule has 0 spiro atoms. The predicted molar refractivity (Wildman–Crippen MR) is 80.7 cm³/mol. The molecule has 0 bridgehead atoms. The lowest BCUT2D eigenvalue weighted by Crippen LogP contribution is -2.56. The second-order valence-corrected chi connectivity index (χ2v) is 5.12. The molecule has 0 aromatic heterocycles. The van der Waals surface area contributed by atoms with E-state index in [1.807, 2.05) is 0 Å². The van der Waals surface area contributed by atoms with E-state index in [9.17, 15) is 9.59 Å². The Labute approximate surface area is 126 Å².